The third-order valence-corrected chi connectivity index (χ3v) is 3.68. The molecule has 0 fully saturated rings. The smallest absolute Gasteiger partial charge is 0.223 e. The van der Waals surface area contributed by atoms with E-state index in [1.807, 2.05) is 13.8 Å². The minimum absolute atomic E-state index is 0.123. The van der Waals surface area contributed by atoms with Gasteiger partial charge in [0.25, 0.3) is 0 Å². The second-order valence-electron chi connectivity index (χ2n) is 5.76. The van der Waals surface area contributed by atoms with E-state index in [9.17, 15) is 9.90 Å². The van der Waals surface area contributed by atoms with Crippen molar-refractivity contribution in [3.63, 3.8) is 0 Å². The molecule has 0 amide bonds. The predicted molar refractivity (Wildman–Crippen MR) is 94.8 cm³/mol. The van der Waals surface area contributed by atoms with Gasteiger partial charge in [0.1, 0.15) is 5.75 Å². The molecular weight excluding hydrogens is 326 g/mol. The fourth-order valence-corrected chi connectivity index (χ4v) is 2.55. The van der Waals surface area contributed by atoms with Crippen LogP contribution in [0.1, 0.15) is 29.8 Å². The number of ketones is 1. The highest BCUT2D eigenvalue weighted by Crippen LogP contribution is 2.27. The summed E-state index contributed by atoms with van der Waals surface area (Å²) in [4.78, 5) is 21.2. The van der Waals surface area contributed by atoms with Gasteiger partial charge in [-0.25, -0.2) is 9.97 Å². The molecule has 1 aromatic heterocycles. The van der Waals surface area contributed by atoms with Gasteiger partial charge < -0.3 is 10.4 Å². The van der Waals surface area contributed by atoms with Crippen LogP contribution in [0.2, 0.25) is 5.02 Å². The molecule has 0 aliphatic rings. The lowest BCUT2D eigenvalue weighted by atomic mass is 10.0. The lowest BCUT2D eigenvalue weighted by Gasteiger charge is -2.10. The monoisotopic (exact) mass is 341 g/mol. The van der Waals surface area contributed by atoms with E-state index < -0.39 is 0 Å². The Morgan fingerprint density at radius 1 is 1.25 bits per heavy atom. The van der Waals surface area contributed by atoms with Crippen LogP contribution >= 0.6 is 11.6 Å². The number of phenolic OH excluding ortho intramolecular Hbond substituents is 1. The lowest BCUT2D eigenvalue weighted by molar-refractivity contribution is 0.103. The maximum absolute atomic E-state index is 12.6. The number of nitrogens with zero attached hydrogens (tertiary/aromatic N) is 2. The van der Waals surface area contributed by atoms with Gasteiger partial charge in [-0.3, -0.25) is 4.79 Å². The van der Waals surface area contributed by atoms with Crippen LogP contribution in [0.25, 0.3) is 10.9 Å². The molecule has 0 bridgehead atoms. The van der Waals surface area contributed by atoms with Crippen molar-refractivity contribution in [2.45, 2.75) is 19.9 Å². The van der Waals surface area contributed by atoms with E-state index in [0.29, 0.717) is 27.4 Å². The molecule has 0 saturated heterocycles. The molecule has 6 heteroatoms. The quantitative estimate of drug-likeness (QED) is 0.700. The summed E-state index contributed by atoms with van der Waals surface area (Å²) in [5, 5.41) is 14.5. The Kier molecular flexibility index (Phi) is 4.36. The van der Waals surface area contributed by atoms with E-state index in [0.717, 1.165) is 0 Å². The number of aromatic hydroxyl groups is 1. The molecule has 0 aliphatic heterocycles. The van der Waals surface area contributed by atoms with Gasteiger partial charge >= 0.3 is 0 Å². The highest BCUT2D eigenvalue weighted by atomic mass is 35.5. The number of hydrogen-bond acceptors (Lipinski definition) is 5. The number of hydrogen-bond donors (Lipinski definition) is 2. The zero-order valence-corrected chi connectivity index (χ0v) is 14.0. The first-order valence-electron chi connectivity index (χ1n) is 7.50. The van der Waals surface area contributed by atoms with Gasteiger partial charge in [0.2, 0.25) is 5.95 Å². The van der Waals surface area contributed by atoms with Gasteiger partial charge in [0.15, 0.2) is 5.78 Å². The molecule has 122 valence electrons. The Bertz CT molecular complexity index is 925. The Hall–Kier alpha value is -2.66. The summed E-state index contributed by atoms with van der Waals surface area (Å²) in [6.07, 6.45) is 1.63. The number of anilines is 1. The van der Waals surface area contributed by atoms with E-state index in [1.54, 1.807) is 36.5 Å². The molecule has 0 aliphatic carbocycles. The Balaban J connectivity index is 2.03. The zero-order chi connectivity index (χ0) is 17.3. The van der Waals surface area contributed by atoms with Crippen molar-refractivity contribution in [2.75, 3.05) is 5.32 Å². The topological polar surface area (TPSA) is 75.1 Å². The van der Waals surface area contributed by atoms with Gasteiger partial charge in [0.05, 0.1) is 11.1 Å². The summed E-state index contributed by atoms with van der Waals surface area (Å²) in [5.74, 6) is 0.0498. The molecule has 0 unspecified atom stereocenters. The molecule has 2 aromatic carbocycles. The van der Waals surface area contributed by atoms with Gasteiger partial charge in [-0.05, 0) is 32.0 Å². The number of halogens is 1. The van der Waals surface area contributed by atoms with Crippen molar-refractivity contribution < 1.29 is 9.90 Å². The highest BCUT2D eigenvalue weighted by molar-refractivity contribution is 6.31. The molecule has 0 spiro atoms. The first-order valence-corrected chi connectivity index (χ1v) is 7.88. The van der Waals surface area contributed by atoms with Crippen LogP contribution in [0.4, 0.5) is 5.95 Å². The molecule has 2 N–H and O–H groups in total. The molecule has 1 heterocycles. The molecule has 3 rings (SSSR count). The number of aromatic nitrogens is 2. The Labute approximate surface area is 144 Å². The van der Waals surface area contributed by atoms with Crippen LogP contribution in [-0.4, -0.2) is 26.9 Å². The van der Waals surface area contributed by atoms with Crippen molar-refractivity contribution in [1.29, 1.82) is 0 Å². The second-order valence-corrected chi connectivity index (χ2v) is 6.20. The second kappa shape index (κ2) is 6.45. The molecule has 0 saturated carbocycles. The third-order valence-electron chi connectivity index (χ3n) is 3.45. The summed E-state index contributed by atoms with van der Waals surface area (Å²) in [5.41, 5.74) is 1.17. The van der Waals surface area contributed by atoms with Crippen molar-refractivity contribution in [3.05, 3.63) is 58.7 Å². The van der Waals surface area contributed by atoms with Crippen LogP contribution in [0.3, 0.4) is 0 Å². The molecule has 24 heavy (non-hydrogen) atoms. The minimum atomic E-state index is -0.304. The zero-order valence-electron chi connectivity index (χ0n) is 13.2. The van der Waals surface area contributed by atoms with Crippen molar-refractivity contribution in [2.24, 2.45) is 0 Å². The number of carbonyl (C=O) groups is 1. The van der Waals surface area contributed by atoms with Gasteiger partial charge in [-0.15, -0.1) is 0 Å². The number of benzene rings is 2. The average molecular weight is 342 g/mol. The fraction of sp³-hybridized carbons (Fsp3) is 0.167. The summed E-state index contributed by atoms with van der Waals surface area (Å²) in [6.45, 7) is 3.97. The summed E-state index contributed by atoms with van der Waals surface area (Å²) in [6, 6.07) is 9.87. The van der Waals surface area contributed by atoms with Crippen LogP contribution in [-0.2, 0) is 0 Å². The summed E-state index contributed by atoms with van der Waals surface area (Å²) >= 11 is 5.93. The number of rotatable bonds is 4. The number of carbonyl (C=O) groups excluding carboxylic acids is 1. The Morgan fingerprint density at radius 3 is 2.75 bits per heavy atom. The van der Waals surface area contributed by atoms with E-state index >= 15 is 0 Å². The molecular formula is C18H16ClN3O2. The van der Waals surface area contributed by atoms with Crippen LogP contribution in [0, 0.1) is 0 Å². The first-order chi connectivity index (χ1) is 11.4. The fourth-order valence-electron chi connectivity index (χ4n) is 2.36. The largest absolute Gasteiger partial charge is 0.507 e. The van der Waals surface area contributed by atoms with E-state index in [2.05, 4.69) is 15.3 Å². The third kappa shape index (κ3) is 3.31. The highest BCUT2D eigenvalue weighted by Gasteiger charge is 2.16. The average Bonchev–Trinajstić information content (AvgIpc) is 2.53. The minimum Gasteiger partial charge on any atom is -0.507 e. The van der Waals surface area contributed by atoms with Gasteiger partial charge in [0, 0.05) is 34.3 Å². The van der Waals surface area contributed by atoms with E-state index in [4.69, 9.17) is 11.6 Å². The normalized spacial score (nSPS) is 11.0. The summed E-state index contributed by atoms with van der Waals surface area (Å²) in [7, 11) is 0. The molecule has 3 aromatic rings. The molecule has 0 atom stereocenters. The molecule has 5 nitrogen and oxygen atoms in total. The first kappa shape index (κ1) is 16.2. The standard InChI is InChI=1S/C18H16ClN3O2/c1-10(2)21-18-20-9-12-7-14(16(23)8-15(12)22-18)17(24)11-4-3-5-13(19)6-11/h3-10,23H,1-2H3,(H,20,21,22). The number of fused-ring (bicyclic) bond motifs is 1. The lowest BCUT2D eigenvalue weighted by Crippen LogP contribution is -2.12. The van der Waals surface area contributed by atoms with Crippen molar-refractivity contribution in [1.82, 2.24) is 9.97 Å². The van der Waals surface area contributed by atoms with Gasteiger partial charge in [-0.2, -0.15) is 0 Å². The van der Waals surface area contributed by atoms with Crippen molar-refractivity contribution in [3.8, 4) is 5.75 Å². The van der Waals surface area contributed by atoms with E-state index in [1.165, 1.54) is 6.07 Å². The number of nitrogens with one attached hydrogen (secondary N) is 1. The van der Waals surface area contributed by atoms with Crippen LogP contribution in [0.15, 0.2) is 42.6 Å². The SMILES string of the molecule is CC(C)Nc1ncc2cc(C(=O)c3cccc(Cl)c3)c(O)cc2n1. The van der Waals surface area contributed by atoms with Crippen LogP contribution in [0.5, 0.6) is 5.75 Å². The number of phenols is 1. The van der Waals surface area contributed by atoms with Crippen LogP contribution < -0.4 is 5.32 Å². The summed E-state index contributed by atoms with van der Waals surface area (Å²) < 4.78 is 0. The van der Waals surface area contributed by atoms with E-state index in [-0.39, 0.29) is 23.1 Å². The maximum Gasteiger partial charge on any atom is 0.223 e. The maximum atomic E-state index is 12.6. The Morgan fingerprint density at radius 2 is 2.04 bits per heavy atom. The predicted octanol–water partition coefficient (Wildman–Crippen LogP) is 4.04. The molecule has 0 radical (unpaired) electrons. The van der Waals surface area contributed by atoms with Crippen molar-refractivity contribution >= 4 is 34.2 Å². The van der Waals surface area contributed by atoms with Gasteiger partial charge in [-0.1, -0.05) is 23.7 Å².